The molecule has 216 valence electrons. The normalized spacial score (nSPS) is 11.0. The standard InChI is InChI=1S/C33H26ClN3O5S/c1-3-41-27-18-21(10-17-26(27)42-33(40)30-29(34)25-6-4-5-7-28(25)43-30)19-35-37-32(39)23-13-15-24(16-14-23)36-31(38)22-11-8-20(2)9-12-22/h4-19H,3H2,1-2H3,(H,36,38)(H,37,39)/b35-19-. The van der Waals surface area contributed by atoms with Crippen molar-refractivity contribution in [3.63, 3.8) is 0 Å². The number of nitrogens with one attached hydrogen (secondary N) is 2. The van der Waals surface area contributed by atoms with E-state index in [2.05, 4.69) is 15.8 Å². The van der Waals surface area contributed by atoms with Crippen LogP contribution in [0.3, 0.4) is 0 Å². The topological polar surface area (TPSA) is 106 Å². The van der Waals surface area contributed by atoms with Crippen LogP contribution in [0.1, 0.15) is 48.4 Å². The Morgan fingerprint density at radius 3 is 2.30 bits per heavy atom. The predicted octanol–water partition coefficient (Wildman–Crippen LogP) is 7.50. The first-order chi connectivity index (χ1) is 20.8. The molecule has 2 amide bonds. The number of thiophene rings is 1. The fourth-order valence-electron chi connectivity index (χ4n) is 4.09. The molecule has 0 radical (unpaired) electrons. The van der Waals surface area contributed by atoms with Gasteiger partial charge in [0.05, 0.1) is 17.8 Å². The molecule has 0 aliphatic heterocycles. The van der Waals surface area contributed by atoms with Crippen molar-refractivity contribution < 1.29 is 23.9 Å². The summed E-state index contributed by atoms with van der Waals surface area (Å²) >= 11 is 7.70. The molecule has 0 spiro atoms. The number of halogens is 1. The lowest BCUT2D eigenvalue weighted by Gasteiger charge is -2.11. The zero-order chi connectivity index (χ0) is 30.3. The van der Waals surface area contributed by atoms with E-state index in [9.17, 15) is 14.4 Å². The molecule has 0 fully saturated rings. The molecule has 0 aliphatic rings. The zero-order valence-corrected chi connectivity index (χ0v) is 24.8. The summed E-state index contributed by atoms with van der Waals surface area (Å²) in [7, 11) is 0. The molecular formula is C33H26ClN3O5S. The van der Waals surface area contributed by atoms with Gasteiger partial charge in [-0.05, 0) is 80.1 Å². The lowest BCUT2D eigenvalue weighted by molar-refractivity contribution is 0.0733. The second kappa shape index (κ2) is 13.3. The van der Waals surface area contributed by atoms with Gasteiger partial charge in [0.25, 0.3) is 11.8 Å². The number of nitrogens with zero attached hydrogens (tertiary/aromatic N) is 1. The number of amides is 2. The van der Waals surface area contributed by atoms with Gasteiger partial charge in [-0.2, -0.15) is 5.10 Å². The van der Waals surface area contributed by atoms with Gasteiger partial charge < -0.3 is 14.8 Å². The highest BCUT2D eigenvalue weighted by atomic mass is 35.5. The summed E-state index contributed by atoms with van der Waals surface area (Å²) < 4.78 is 12.2. The molecule has 0 atom stereocenters. The number of benzene rings is 4. The van der Waals surface area contributed by atoms with Crippen LogP contribution < -0.4 is 20.2 Å². The van der Waals surface area contributed by atoms with E-state index < -0.39 is 11.9 Å². The van der Waals surface area contributed by atoms with E-state index in [4.69, 9.17) is 21.1 Å². The van der Waals surface area contributed by atoms with Crippen LogP contribution in [0.15, 0.2) is 96.1 Å². The molecule has 10 heteroatoms. The highest BCUT2D eigenvalue weighted by Crippen LogP contribution is 2.37. The Kier molecular flexibility index (Phi) is 9.14. The molecule has 1 heterocycles. The Labute approximate surface area is 256 Å². The van der Waals surface area contributed by atoms with Crippen LogP contribution in [0.2, 0.25) is 5.02 Å². The number of esters is 1. The lowest BCUT2D eigenvalue weighted by atomic mass is 10.1. The van der Waals surface area contributed by atoms with Gasteiger partial charge in [0.15, 0.2) is 11.5 Å². The smallest absolute Gasteiger partial charge is 0.355 e. The second-order valence-electron chi connectivity index (χ2n) is 9.37. The third-order valence-electron chi connectivity index (χ3n) is 6.29. The summed E-state index contributed by atoms with van der Waals surface area (Å²) in [5.74, 6) is -0.675. The van der Waals surface area contributed by atoms with Crippen LogP contribution in [-0.4, -0.2) is 30.6 Å². The van der Waals surface area contributed by atoms with E-state index in [0.29, 0.717) is 44.6 Å². The van der Waals surface area contributed by atoms with E-state index in [1.807, 2.05) is 50.2 Å². The number of hydrazone groups is 1. The Morgan fingerprint density at radius 2 is 1.58 bits per heavy atom. The highest BCUT2D eigenvalue weighted by molar-refractivity contribution is 7.21. The van der Waals surface area contributed by atoms with Crippen molar-refractivity contribution in [3.8, 4) is 11.5 Å². The molecule has 0 bridgehead atoms. The Balaban J connectivity index is 1.20. The van der Waals surface area contributed by atoms with Gasteiger partial charge in [-0.1, -0.05) is 47.5 Å². The summed E-state index contributed by atoms with van der Waals surface area (Å²) in [5.41, 5.74) is 5.62. The van der Waals surface area contributed by atoms with Crippen molar-refractivity contribution in [3.05, 3.63) is 123 Å². The van der Waals surface area contributed by atoms with Gasteiger partial charge in [0.1, 0.15) is 4.88 Å². The first-order valence-corrected chi connectivity index (χ1v) is 14.5. The van der Waals surface area contributed by atoms with Crippen LogP contribution in [0, 0.1) is 6.92 Å². The average Bonchev–Trinajstić information content (AvgIpc) is 3.35. The molecule has 4 aromatic carbocycles. The molecule has 5 aromatic rings. The van der Waals surface area contributed by atoms with Crippen LogP contribution in [0.5, 0.6) is 11.5 Å². The minimum atomic E-state index is -0.582. The van der Waals surface area contributed by atoms with Crippen molar-refractivity contribution >= 4 is 62.7 Å². The van der Waals surface area contributed by atoms with Gasteiger partial charge >= 0.3 is 5.97 Å². The fourth-order valence-corrected chi connectivity index (χ4v) is 5.48. The van der Waals surface area contributed by atoms with Crippen LogP contribution in [0.25, 0.3) is 10.1 Å². The van der Waals surface area contributed by atoms with Crippen molar-refractivity contribution in [1.82, 2.24) is 5.43 Å². The first kappa shape index (κ1) is 29.5. The molecule has 43 heavy (non-hydrogen) atoms. The van der Waals surface area contributed by atoms with E-state index in [1.54, 1.807) is 54.6 Å². The summed E-state index contributed by atoms with van der Waals surface area (Å²) in [5, 5.41) is 7.99. The van der Waals surface area contributed by atoms with Crippen molar-refractivity contribution in [1.29, 1.82) is 0 Å². The van der Waals surface area contributed by atoms with Gasteiger partial charge in [0.2, 0.25) is 0 Å². The molecular weight excluding hydrogens is 586 g/mol. The molecule has 0 unspecified atom stereocenters. The molecule has 1 aromatic heterocycles. The first-order valence-electron chi connectivity index (χ1n) is 13.3. The number of rotatable bonds is 9. The van der Waals surface area contributed by atoms with Crippen LogP contribution >= 0.6 is 22.9 Å². The highest BCUT2D eigenvalue weighted by Gasteiger charge is 2.20. The summed E-state index contributed by atoms with van der Waals surface area (Å²) in [4.78, 5) is 38.2. The number of hydrogen-bond acceptors (Lipinski definition) is 7. The minimum absolute atomic E-state index is 0.233. The summed E-state index contributed by atoms with van der Waals surface area (Å²) in [6, 6.07) is 26.1. The monoisotopic (exact) mass is 611 g/mol. The van der Waals surface area contributed by atoms with Gasteiger partial charge in [-0.3, -0.25) is 9.59 Å². The van der Waals surface area contributed by atoms with Crippen molar-refractivity contribution in [2.24, 2.45) is 5.10 Å². The second-order valence-corrected chi connectivity index (χ2v) is 10.8. The fraction of sp³-hybridized carbons (Fsp3) is 0.0909. The third kappa shape index (κ3) is 7.09. The maximum absolute atomic E-state index is 12.9. The van der Waals surface area contributed by atoms with Crippen LogP contribution in [0.4, 0.5) is 5.69 Å². The van der Waals surface area contributed by atoms with Crippen molar-refractivity contribution in [2.75, 3.05) is 11.9 Å². The molecule has 0 aliphatic carbocycles. The Hall–Kier alpha value is -4.99. The summed E-state index contributed by atoms with van der Waals surface area (Å²) in [6.45, 7) is 4.11. The van der Waals surface area contributed by atoms with Gasteiger partial charge in [-0.25, -0.2) is 10.2 Å². The number of carbonyl (C=O) groups is 3. The Morgan fingerprint density at radius 1 is 0.884 bits per heavy atom. The molecule has 0 saturated heterocycles. The number of carbonyl (C=O) groups excluding carboxylic acids is 3. The van der Waals surface area contributed by atoms with Gasteiger partial charge in [-0.15, -0.1) is 11.3 Å². The SMILES string of the molecule is CCOc1cc(/C=N\NC(=O)c2ccc(NC(=O)c3ccc(C)cc3)cc2)ccc1OC(=O)c1sc2ccccc2c1Cl. The lowest BCUT2D eigenvalue weighted by Crippen LogP contribution is -2.18. The maximum atomic E-state index is 12.9. The third-order valence-corrected chi connectivity index (χ3v) is 7.94. The van der Waals surface area contributed by atoms with E-state index in [0.717, 1.165) is 15.6 Å². The zero-order valence-electron chi connectivity index (χ0n) is 23.2. The van der Waals surface area contributed by atoms with Crippen molar-refractivity contribution in [2.45, 2.75) is 13.8 Å². The van der Waals surface area contributed by atoms with Crippen LogP contribution in [-0.2, 0) is 0 Å². The minimum Gasteiger partial charge on any atom is -0.490 e. The van der Waals surface area contributed by atoms with E-state index in [-0.39, 0.29) is 11.7 Å². The predicted molar refractivity (Wildman–Crippen MR) is 170 cm³/mol. The van der Waals surface area contributed by atoms with E-state index in [1.165, 1.54) is 17.6 Å². The maximum Gasteiger partial charge on any atom is 0.355 e. The number of aryl methyl sites for hydroxylation is 1. The summed E-state index contributed by atoms with van der Waals surface area (Å²) in [6.07, 6.45) is 1.45. The molecule has 5 rings (SSSR count). The Bertz CT molecular complexity index is 1830. The number of hydrogen-bond donors (Lipinski definition) is 2. The molecule has 0 saturated carbocycles. The largest absolute Gasteiger partial charge is 0.490 e. The molecule has 8 nitrogen and oxygen atoms in total. The number of anilines is 1. The van der Waals surface area contributed by atoms with Gasteiger partial charge in [0, 0.05) is 26.9 Å². The number of ether oxygens (including phenoxy) is 2. The molecule has 2 N–H and O–H groups in total. The quantitative estimate of drug-likeness (QED) is 0.0777. The number of fused-ring (bicyclic) bond motifs is 1. The van der Waals surface area contributed by atoms with E-state index >= 15 is 0 Å². The average molecular weight is 612 g/mol.